The molecule has 0 aliphatic carbocycles. The smallest absolute Gasteiger partial charge is 0.254 e. The Labute approximate surface area is 229 Å². The minimum absolute atomic E-state index is 0.00818. The second-order valence-corrected chi connectivity index (χ2v) is 10.2. The number of nitrogens with one attached hydrogen (secondary N) is 1. The highest BCUT2D eigenvalue weighted by molar-refractivity contribution is 6.07. The number of nitriles is 1. The van der Waals surface area contributed by atoms with E-state index in [0.29, 0.717) is 31.6 Å². The summed E-state index contributed by atoms with van der Waals surface area (Å²) in [6, 6.07) is 23.4. The Kier molecular flexibility index (Phi) is 8.02. The molecule has 5 rings (SSSR count). The summed E-state index contributed by atoms with van der Waals surface area (Å²) < 4.78 is 0. The summed E-state index contributed by atoms with van der Waals surface area (Å²) in [4.78, 5) is 38.7. The third kappa shape index (κ3) is 6.01. The first-order valence-corrected chi connectivity index (χ1v) is 13.6. The van der Waals surface area contributed by atoms with Crippen LogP contribution in [-0.2, 0) is 17.6 Å². The molecule has 0 saturated carbocycles. The molecule has 7 nitrogen and oxygen atoms in total. The molecule has 1 aliphatic heterocycles. The molecule has 2 amide bonds. The molecule has 0 radical (unpaired) electrons. The zero-order valence-corrected chi connectivity index (χ0v) is 22.3. The van der Waals surface area contributed by atoms with E-state index in [2.05, 4.69) is 23.0 Å². The summed E-state index contributed by atoms with van der Waals surface area (Å²) in [7, 11) is 0. The first-order valence-electron chi connectivity index (χ1n) is 13.6. The average molecular weight is 520 g/mol. The molecule has 0 bridgehead atoms. The van der Waals surface area contributed by atoms with Gasteiger partial charge in [0.15, 0.2) is 0 Å². The number of benzene rings is 3. The van der Waals surface area contributed by atoms with Crippen molar-refractivity contribution in [2.75, 3.05) is 19.6 Å². The predicted octanol–water partition coefficient (Wildman–Crippen LogP) is 5.11. The Morgan fingerprint density at radius 2 is 1.85 bits per heavy atom. The number of piperazine rings is 1. The summed E-state index contributed by atoms with van der Waals surface area (Å²) in [6.45, 7) is 3.73. The van der Waals surface area contributed by atoms with Crippen LogP contribution in [-0.4, -0.2) is 57.3 Å². The largest absolute Gasteiger partial charge is 0.345 e. The van der Waals surface area contributed by atoms with Gasteiger partial charge in [-0.1, -0.05) is 68.3 Å². The fraction of sp³-hybridized carbons (Fsp3) is 0.312. The quantitative estimate of drug-likeness (QED) is 0.350. The van der Waals surface area contributed by atoms with Gasteiger partial charge < -0.3 is 14.8 Å². The summed E-state index contributed by atoms with van der Waals surface area (Å²) in [5.74, 6) is 0.874. The molecular formula is C32H33N5O2. The number of fused-ring (bicyclic) bond motifs is 1. The normalized spacial score (nSPS) is 15.3. The highest BCUT2D eigenvalue weighted by atomic mass is 16.2. The first kappa shape index (κ1) is 26.2. The Morgan fingerprint density at radius 1 is 1.05 bits per heavy atom. The minimum atomic E-state index is -0.00818. The van der Waals surface area contributed by atoms with Crippen LogP contribution in [0.25, 0.3) is 10.8 Å². The Morgan fingerprint density at radius 3 is 2.64 bits per heavy atom. The van der Waals surface area contributed by atoms with E-state index < -0.39 is 0 Å². The molecule has 1 aliphatic rings. The van der Waals surface area contributed by atoms with Crippen molar-refractivity contribution in [3.8, 4) is 6.07 Å². The average Bonchev–Trinajstić information content (AvgIpc) is 3.41. The highest BCUT2D eigenvalue weighted by Crippen LogP contribution is 2.23. The van der Waals surface area contributed by atoms with Crippen molar-refractivity contribution in [1.82, 2.24) is 19.8 Å². The van der Waals surface area contributed by atoms with Gasteiger partial charge in [0.05, 0.1) is 18.1 Å². The second kappa shape index (κ2) is 12.0. The van der Waals surface area contributed by atoms with Gasteiger partial charge in [-0.15, -0.1) is 0 Å². The standard InChI is InChI=1S/C32H33N5O2/c1-2-3-9-27-22-36(32(39)29-11-6-8-25-7-4-5-10-28(25)29)16-17-37(27)31(38)19-26-21-34-30(35-26)18-23-12-14-24(20-33)15-13-23/h4-8,10-15,21,27H,2-3,9,16-19,22H2,1H3,(H,34,35)/t27-/m0/s1. The van der Waals surface area contributed by atoms with Gasteiger partial charge in [-0.05, 0) is 41.0 Å². The van der Waals surface area contributed by atoms with Gasteiger partial charge in [-0.3, -0.25) is 9.59 Å². The van der Waals surface area contributed by atoms with E-state index in [-0.39, 0.29) is 24.3 Å². The van der Waals surface area contributed by atoms with E-state index in [0.717, 1.165) is 52.7 Å². The number of carbonyl (C=O) groups excluding carboxylic acids is 2. The van der Waals surface area contributed by atoms with E-state index in [1.54, 1.807) is 18.3 Å². The van der Waals surface area contributed by atoms with Crippen molar-refractivity contribution in [3.05, 3.63) is 101 Å². The van der Waals surface area contributed by atoms with Crippen LogP contribution in [0.2, 0.25) is 0 Å². The van der Waals surface area contributed by atoms with Crippen LogP contribution in [0.1, 0.15) is 59.2 Å². The molecule has 1 fully saturated rings. The lowest BCUT2D eigenvalue weighted by atomic mass is 10.0. The maximum Gasteiger partial charge on any atom is 0.254 e. The molecular weight excluding hydrogens is 486 g/mol. The summed E-state index contributed by atoms with van der Waals surface area (Å²) in [6.07, 6.45) is 5.50. The molecule has 0 unspecified atom stereocenters. The number of carbonyl (C=O) groups is 2. The fourth-order valence-electron chi connectivity index (χ4n) is 5.38. The molecule has 1 saturated heterocycles. The van der Waals surface area contributed by atoms with Crippen LogP contribution < -0.4 is 0 Å². The van der Waals surface area contributed by atoms with E-state index >= 15 is 0 Å². The van der Waals surface area contributed by atoms with Gasteiger partial charge in [0.25, 0.3) is 5.91 Å². The lowest BCUT2D eigenvalue weighted by Crippen LogP contribution is -2.56. The van der Waals surface area contributed by atoms with Crippen molar-refractivity contribution in [3.63, 3.8) is 0 Å². The number of nitrogens with zero attached hydrogens (tertiary/aromatic N) is 4. The maximum absolute atomic E-state index is 13.6. The number of H-pyrrole nitrogens is 1. The molecule has 7 heteroatoms. The van der Waals surface area contributed by atoms with Gasteiger partial charge in [-0.2, -0.15) is 5.26 Å². The van der Waals surface area contributed by atoms with Crippen LogP contribution in [0.15, 0.2) is 72.9 Å². The number of imidazole rings is 1. The summed E-state index contributed by atoms with van der Waals surface area (Å²) in [5.41, 5.74) is 3.18. The van der Waals surface area contributed by atoms with Gasteiger partial charge in [0, 0.05) is 49.6 Å². The number of rotatable bonds is 8. The number of amides is 2. The van der Waals surface area contributed by atoms with Gasteiger partial charge in [0.1, 0.15) is 5.82 Å². The number of hydrogen-bond donors (Lipinski definition) is 1. The molecule has 4 aromatic rings. The van der Waals surface area contributed by atoms with Gasteiger partial charge >= 0.3 is 0 Å². The van der Waals surface area contributed by atoms with E-state index in [1.165, 1.54) is 0 Å². The summed E-state index contributed by atoms with van der Waals surface area (Å²) in [5, 5.41) is 11.0. The monoisotopic (exact) mass is 519 g/mol. The Hall–Kier alpha value is -4.44. The third-order valence-corrected chi connectivity index (χ3v) is 7.48. The molecule has 3 aromatic carbocycles. The lowest BCUT2D eigenvalue weighted by Gasteiger charge is -2.42. The molecule has 0 spiro atoms. The van der Waals surface area contributed by atoms with Crippen molar-refractivity contribution >= 4 is 22.6 Å². The van der Waals surface area contributed by atoms with E-state index in [9.17, 15) is 9.59 Å². The topological polar surface area (TPSA) is 93.1 Å². The minimum Gasteiger partial charge on any atom is -0.345 e. The van der Waals surface area contributed by atoms with Crippen LogP contribution >= 0.6 is 0 Å². The maximum atomic E-state index is 13.6. The molecule has 1 aromatic heterocycles. The Balaban J connectivity index is 1.25. The van der Waals surface area contributed by atoms with E-state index in [4.69, 9.17) is 5.26 Å². The predicted molar refractivity (Wildman–Crippen MR) is 151 cm³/mol. The van der Waals surface area contributed by atoms with E-state index in [1.807, 2.05) is 64.4 Å². The SMILES string of the molecule is CCCC[C@H]1CN(C(=O)c2cccc3ccccc23)CCN1C(=O)Cc1cnc(Cc2ccc(C#N)cc2)[nH]1. The van der Waals surface area contributed by atoms with Crippen molar-refractivity contribution in [2.45, 2.75) is 45.1 Å². The summed E-state index contributed by atoms with van der Waals surface area (Å²) >= 11 is 0. The number of unbranched alkanes of at least 4 members (excludes halogenated alkanes) is 1. The molecule has 1 atom stereocenters. The van der Waals surface area contributed by atoms with Crippen molar-refractivity contribution < 1.29 is 9.59 Å². The molecule has 198 valence electrons. The van der Waals surface area contributed by atoms with Crippen molar-refractivity contribution in [1.29, 1.82) is 5.26 Å². The number of aromatic nitrogens is 2. The lowest BCUT2D eigenvalue weighted by molar-refractivity contribution is -0.135. The van der Waals surface area contributed by atoms with Crippen LogP contribution in [0.4, 0.5) is 0 Å². The van der Waals surface area contributed by atoms with Crippen LogP contribution in [0.3, 0.4) is 0 Å². The second-order valence-electron chi connectivity index (χ2n) is 10.2. The fourth-order valence-corrected chi connectivity index (χ4v) is 5.38. The Bertz CT molecular complexity index is 1500. The molecule has 2 heterocycles. The van der Waals surface area contributed by atoms with Crippen LogP contribution in [0, 0.1) is 11.3 Å². The number of aromatic amines is 1. The number of hydrogen-bond acceptors (Lipinski definition) is 4. The third-order valence-electron chi connectivity index (χ3n) is 7.48. The zero-order valence-electron chi connectivity index (χ0n) is 22.3. The molecule has 1 N–H and O–H groups in total. The van der Waals surface area contributed by atoms with Gasteiger partial charge in [0.2, 0.25) is 5.91 Å². The van der Waals surface area contributed by atoms with Crippen LogP contribution in [0.5, 0.6) is 0 Å². The molecule has 39 heavy (non-hydrogen) atoms. The van der Waals surface area contributed by atoms with Gasteiger partial charge in [-0.25, -0.2) is 4.98 Å². The van der Waals surface area contributed by atoms with Crippen molar-refractivity contribution in [2.24, 2.45) is 0 Å². The zero-order chi connectivity index (χ0) is 27.2. The highest BCUT2D eigenvalue weighted by Gasteiger charge is 2.33. The first-order chi connectivity index (χ1) is 19.1.